The maximum Gasteiger partial charge on any atom is 0.257 e. The number of nitrogens with one attached hydrogen (secondary N) is 1. The van der Waals surface area contributed by atoms with E-state index in [2.05, 4.69) is 10.3 Å². The van der Waals surface area contributed by atoms with Crippen LogP contribution < -0.4 is 10.1 Å². The minimum Gasteiger partial charge on any atom is -0.473 e. The lowest BCUT2D eigenvalue weighted by molar-refractivity contribution is 0.102. The molecule has 1 saturated heterocycles. The second kappa shape index (κ2) is 7.16. The van der Waals surface area contributed by atoms with E-state index in [4.69, 9.17) is 10.00 Å². The Hall–Kier alpha value is -2.52. The van der Waals surface area contributed by atoms with E-state index in [1.807, 2.05) is 17.8 Å². The summed E-state index contributed by atoms with van der Waals surface area (Å²) >= 11 is 1.88. The Morgan fingerprint density at radius 1 is 1.30 bits per heavy atom. The van der Waals surface area contributed by atoms with E-state index >= 15 is 0 Å². The number of hydrogen-bond acceptors (Lipinski definition) is 5. The first-order valence-corrected chi connectivity index (χ1v) is 8.42. The molecule has 0 bridgehead atoms. The third-order valence-electron chi connectivity index (χ3n) is 3.45. The van der Waals surface area contributed by atoms with Crippen LogP contribution in [0.4, 0.5) is 5.69 Å². The van der Waals surface area contributed by atoms with Crippen LogP contribution in [0.25, 0.3) is 0 Å². The number of pyridine rings is 1. The summed E-state index contributed by atoms with van der Waals surface area (Å²) in [7, 11) is 0. The molecule has 1 atom stereocenters. The van der Waals surface area contributed by atoms with Gasteiger partial charge in [-0.3, -0.25) is 4.79 Å². The minimum absolute atomic E-state index is 0.214. The number of nitrogens with zero attached hydrogens (tertiary/aromatic N) is 2. The van der Waals surface area contributed by atoms with E-state index < -0.39 is 0 Å². The topological polar surface area (TPSA) is 75.0 Å². The molecule has 23 heavy (non-hydrogen) atoms. The quantitative estimate of drug-likeness (QED) is 0.935. The predicted octanol–water partition coefficient (Wildman–Crippen LogP) is 3.09. The Balaban J connectivity index is 1.61. The molecule has 1 unspecified atom stereocenters. The molecule has 116 valence electrons. The molecule has 3 rings (SSSR count). The third-order valence-corrected chi connectivity index (χ3v) is 4.58. The summed E-state index contributed by atoms with van der Waals surface area (Å²) in [5.41, 5.74) is 1.65. The monoisotopic (exact) mass is 325 g/mol. The SMILES string of the molecule is N#Cc1ccc(NC(=O)c2ccc(OC3CCSC3)nc2)cc1. The molecule has 1 aliphatic heterocycles. The van der Waals surface area contributed by atoms with Crippen molar-refractivity contribution in [3.05, 3.63) is 53.7 Å². The molecule has 1 aliphatic rings. The molecule has 1 aromatic heterocycles. The van der Waals surface area contributed by atoms with Crippen LogP contribution in [-0.4, -0.2) is 28.5 Å². The average Bonchev–Trinajstić information content (AvgIpc) is 3.09. The Labute approximate surface area is 138 Å². The zero-order valence-electron chi connectivity index (χ0n) is 12.4. The Morgan fingerprint density at radius 3 is 2.74 bits per heavy atom. The van der Waals surface area contributed by atoms with Crippen molar-refractivity contribution in [2.45, 2.75) is 12.5 Å². The van der Waals surface area contributed by atoms with E-state index in [0.717, 1.165) is 17.9 Å². The number of amides is 1. The van der Waals surface area contributed by atoms with Crippen molar-refractivity contribution >= 4 is 23.4 Å². The fourth-order valence-electron chi connectivity index (χ4n) is 2.19. The zero-order chi connectivity index (χ0) is 16.1. The molecule has 0 spiro atoms. The van der Waals surface area contributed by atoms with E-state index in [0.29, 0.717) is 22.7 Å². The van der Waals surface area contributed by atoms with Crippen LogP contribution in [0.2, 0.25) is 0 Å². The number of thioether (sulfide) groups is 1. The molecular weight excluding hydrogens is 310 g/mol. The van der Waals surface area contributed by atoms with Gasteiger partial charge < -0.3 is 10.1 Å². The molecule has 1 amide bonds. The van der Waals surface area contributed by atoms with Gasteiger partial charge in [0.05, 0.1) is 17.2 Å². The van der Waals surface area contributed by atoms with Gasteiger partial charge in [0.25, 0.3) is 5.91 Å². The summed E-state index contributed by atoms with van der Waals surface area (Å²) in [6, 6.07) is 12.2. The molecule has 1 N–H and O–H groups in total. The van der Waals surface area contributed by atoms with Crippen molar-refractivity contribution < 1.29 is 9.53 Å². The van der Waals surface area contributed by atoms with Crippen LogP contribution in [0.15, 0.2) is 42.6 Å². The largest absolute Gasteiger partial charge is 0.473 e. The van der Waals surface area contributed by atoms with Crippen LogP contribution in [0.1, 0.15) is 22.3 Å². The van der Waals surface area contributed by atoms with Crippen LogP contribution >= 0.6 is 11.8 Å². The number of aromatic nitrogens is 1. The number of anilines is 1. The number of rotatable bonds is 4. The summed E-state index contributed by atoms with van der Waals surface area (Å²) in [5, 5.41) is 11.5. The van der Waals surface area contributed by atoms with Crippen LogP contribution in [0, 0.1) is 11.3 Å². The summed E-state index contributed by atoms with van der Waals surface area (Å²) < 4.78 is 5.76. The molecule has 2 heterocycles. The number of hydrogen-bond donors (Lipinski definition) is 1. The summed E-state index contributed by atoms with van der Waals surface area (Å²) in [5.74, 6) is 2.41. The van der Waals surface area contributed by atoms with Gasteiger partial charge in [0, 0.05) is 23.7 Å². The van der Waals surface area contributed by atoms with Gasteiger partial charge in [-0.25, -0.2) is 4.98 Å². The normalized spacial score (nSPS) is 16.6. The molecule has 5 nitrogen and oxygen atoms in total. The Morgan fingerprint density at radius 2 is 2.13 bits per heavy atom. The van der Waals surface area contributed by atoms with Crippen molar-refractivity contribution in [2.24, 2.45) is 0 Å². The van der Waals surface area contributed by atoms with E-state index in [1.54, 1.807) is 36.4 Å². The van der Waals surface area contributed by atoms with Gasteiger partial charge in [0.1, 0.15) is 6.10 Å². The van der Waals surface area contributed by atoms with Gasteiger partial charge in [0.15, 0.2) is 0 Å². The first-order chi connectivity index (χ1) is 11.2. The van der Waals surface area contributed by atoms with Crippen molar-refractivity contribution in [3.63, 3.8) is 0 Å². The Kier molecular flexibility index (Phi) is 4.79. The highest BCUT2D eigenvalue weighted by molar-refractivity contribution is 7.99. The maximum absolute atomic E-state index is 12.2. The second-order valence-electron chi connectivity index (χ2n) is 5.13. The number of carbonyl (C=O) groups excluding carboxylic acids is 1. The molecule has 2 aromatic rings. The summed E-state index contributed by atoms with van der Waals surface area (Å²) in [6.07, 6.45) is 2.76. The summed E-state index contributed by atoms with van der Waals surface area (Å²) in [4.78, 5) is 16.4. The highest BCUT2D eigenvalue weighted by Gasteiger charge is 2.17. The van der Waals surface area contributed by atoms with Crippen molar-refractivity contribution in [1.29, 1.82) is 5.26 Å². The van der Waals surface area contributed by atoms with Crippen LogP contribution in [0.3, 0.4) is 0 Å². The first kappa shape index (κ1) is 15.4. The standard InChI is InChI=1S/C17H15N3O2S/c18-9-12-1-4-14(5-2-12)20-17(21)13-3-6-16(19-10-13)22-15-7-8-23-11-15/h1-6,10,15H,7-8,11H2,(H,20,21). The van der Waals surface area contributed by atoms with Crippen molar-refractivity contribution in [1.82, 2.24) is 4.98 Å². The van der Waals surface area contributed by atoms with Crippen LogP contribution in [-0.2, 0) is 0 Å². The third kappa shape index (κ3) is 4.02. The number of ether oxygens (including phenoxy) is 1. The first-order valence-electron chi connectivity index (χ1n) is 7.26. The highest BCUT2D eigenvalue weighted by Crippen LogP contribution is 2.22. The number of benzene rings is 1. The summed E-state index contributed by atoms with van der Waals surface area (Å²) in [6.45, 7) is 0. The molecule has 1 aromatic carbocycles. The van der Waals surface area contributed by atoms with E-state index in [1.165, 1.54) is 6.20 Å². The second-order valence-corrected chi connectivity index (χ2v) is 6.28. The molecule has 1 fully saturated rings. The molecular formula is C17H15N3O2S. The highest BCUT2D eigenvalue weighted by atomic mass is 32.2. The Bertz CT molecular complexity index is 717. The molecule has 6 heteroatoms. The number of carbonyl (C=O) groups is 1. The van der Waals surface area contributed by atoms with E-state index in [9.17, 15) is 4.79 Å². The molecule has 0 radical (unpaired) electrons. The van der Waals surface area contributed by atoms with Gasteiger partial charge in [-0.15, -0.1) is 0 Å². The maximum atomic E-state index is 12.2. The minimum atomic E-state index is -0.245. The zero-order valence-corrected chi connectivity index (χ0v) is 13.2. The van der Waals surface area contributed by atoms with Crippen molar-refractivity contribution in [2.75, 3.05) is 16.8 Å². The van der Waals surface area contributed by atoms with Gasteiger partial charge >= 0.3 is 0 Å². The van der Waals surface area contributed by atoms with Crippen molar-refractivity contribution in [3.8, 4) is 11.9 Å². The fraction of sp³-hybridized carbons (Fsp3) is 0.235. The average molecular weight is 325 g/mol. The lowest BCUT2D eigenvalue weighted by Crippen LogP contribution is -2.16. The lowest BCUT2D eigenvalue weighted by atomic mass is 10.2. The smallest absolute Gasteiger partial charge is 0.257 e. The van der Waals surface area contributed by atoms with Gasteiger partial charge in [-0.05, 0) is 42.5 Å². The fourth-order valence-corrected chi connectivity index (χ4v) is 3.29. The van der Waals surface area contributed by atoms with Gasteiger partial charge in [-0.1, -0.05) is 0 Å². The van der Waals surface area contributed by atoms with Gasteiger partial charge in [-0.2, -0.15) is 17.0 Å². The molecule has 0 saturated carbocycles. The number of nitriles is 1. The van der Waals surface area contributed by atoms with E-state index in [-0.39, 0.29) is 12.0 Å². The van der Waals surface area contributed by atoms with Crippen LogP contribution in [0.5, 0.6) is 5.88 Å². The predicted molar refractivity (Wildman–Crippen MR) is 89.7 cm³/mol. The molecule has 0 aliphatic carbocycles. The van der Waals surface area contributed by atoms with Gasteiger partial charge in [0.2, 0.25) is 5.88 Å². The lowest BCUT2D eigenvalue weighted by Gasteiger charge is -2.11.